The summed E-state index contributed by atoms with van der Waals surface area (Å²) in [5, 5.41) is 0. The first-order valence-corrected chi connectivity index (χ1v) is 9.51. The third-order valence-electron chi connectivity index (χ3n) is 4.02. The van der Waals surface area contributed by atoms with Gasteiger partial charge in [-0.2, -0.15) is 4.99 Å². The Morgan fingerprint density at radius 2 is 2.00 bits per heavy atom. The van der Waals surface area contributed by atoms with Crippen LogP contribution in [0.15, 0.2) is 45.9 Å². The van der Waals surface area contributed by atoms with E-state index in [9.17, 15) is 4.79 Å². The van der Waals surface area contributed by atoms with E-state index in [1.807, 2.05) is 25.1 Å². The lowest BCUT2D eigenvalue weighted by Crippen LogP contribution is -2.16. The molecule has 1 heterocycles. The smallest absolute Gasteiger partial charge is 0.252 e. The van der Waals surface area contributed by atoms with Crippen LogP contribution >= 0.6 is 27.3 Å². The molecule has 5 heteroatoms. The first-order valence-electron chi connectivity index (χ1n) is 7.90. The molecule has 0 bridgehead atoms. The summed E-state index contributed by atoms with van der Waals surface area (Å²) in [6.45, 7) is 6.96. The van der Waals surface area contributed by atoms with Crippen molar-refractivity contribution in [1.29, 1.82) is 0 Å². The lowest BCUT2D eigenvalue weighted by atomic mass is 10.0. The molecular formula is C19H19BrN2OS. The minimum atomic E-state index is -0.102. The molecule has 0 N–H and O–H groups in total. The highest BCUT2D eigenvalue weighted by Gasteiger charge is 2.09. The zero-order chi connectivity index (χ0) is 17.3. The van der Waals surface area contributed by atoms with Crippen molar-refractivity contribution in [2.75, 3.05) is 0 Å². The van der Waals surface area contributed by atoms with Gasteiger partial charge in [-0.05, 0) is 50.1 Å². The Morgan fingerprint density at radius 3 is 2.71 bits per heavy atom. The molecule has 3 nitrogen and oxygen atoms in total. The maximum absolute atomic E-state index is 12.4. The summed E-state index contributed by atoms with van der Waals surface area (Å²) in [5.74, 6) is -0.102. The second-order valence-electron chi connectivity index (χ2n) is 5.85. The summed E-state index contributed by atoms with van der Waals surface area (Å²) < 4.78 is 4.25. The SMILES string of the molecule is CCn1c(=NC(=O)Cc2ccc(C)cc2C)sc2cc(Br)ccc21. The molecule has 24 heavy (non-hydrogen) atoms. The third kappa shape index (κ3) is 3.52. The molecule has 0 fully saturated rings. The highest BCUT2D eigenvalue weighted by molar-refractivity contribution is 9.10. The van der Waals surface area contributed by atoms with Crippen LogP contribution in [0.2, 0.25) is 0 Å². The largest absolute Gasteiger partial charge is 0.317 e. The number of hydrogen-bond acceptors (Lipinski definition) is 2. The molecule has 3 rings (SSSR count). The van der Waals surface area contributed by atoms with Gasteiger partial charge < -0.3 is 4.57 Å². The number of rotatable bonds is 3. The monoisotopic (exact) mass is 402 g/mol. The minimum absolute atomic E-state index is 0.102. The van der Waals surface area contributed by atoms with Crippen LogP contribution in [0.25, 0.3) is 10.2 Å². The Bertz CT molecular complexity index is 985. The second-order valence-corrected chi connectivity index (χ2v) is 7.78. The van der Waals surface area contributed by atoms with Crippen molar-refractivity contribution in [2.45, 2.75) is 33.7 Å². The third-order valence-corrected chi connectivity index (χ3v) is 5.56. The number of carbonyl (C=O) groups excluding carboxylic acids is 1. The van der Waals surface area contributed by atoms with Crippen LogP contribution in [-0.2, 0) is 17.8 Å². The number of halogens is 1. The van der Waals surface area contributed by atoms with E-state index < -0.39 is 0 Å². The maximum atomic E-state index is 12.4. The quantitative estimate of drug-likeness (QED) is 0.620. The molecule has 2 aromatic carbocycles. The van der Waals surface area contributed by atoms with Gasteiger partial charge in [0.1, 0.15) is 0 Å². The van der Waals surface area contributed by atoms with Crippen molar-refractivity contribution in [2.24, 2.45) is 4.99 Å². The highest BCUT2D eigenvalue weighted by atomic mass is 79.9. The van der Waals surface area contributed by atoms with Crippen LogP contribution in [0.4, 0.5) is 0 Å². The molecular weight excluding hydrogens is 384 g/mol. The van der Waals surface area contributed by atoms with E-state index in [2.05, 4.69) is 57.5 Å². The van der Waals surface area contributed by atoms with E-state index in [1.165, 1.54) is 5.56 Å². The van der Waals surface area contributed by atoms with Crippen LogP contribution in [-0.4, -0.2) is 10.5 Å². The van der Waals surface area contributed by atoms with E-state index in [0.29, 0.717) is 6.42 Å². The van der Waals surface area contributed by atoms with Gasteiger partial charge in [-0.15, -0.1) is 0 Å². The first-order chi connectivity index (χ1) is 11.5. The van der Waals surface area contributed by atoms with Crippen LogP contribution in [0.1, 0.15) is 23.6 Å². The fourth-order valence-electron chi connectivity index (χ4n) is 2.79. The first kappa shape index (κ1) is 17.1. The standard InChI is InChI=1S/C19H19BrN2OS/c1-4-22-16-8-7-15(20)11-17(16)24-19(22)21-18(23)10-14-6-5-12(2)9-13(14)3/h5-9,11H,4,10H2,1-3H3. The maximum Gasteiger partial charge on any atom is 0.252 e. The van der Waals surface area contributed by atoms with Gasteiger partial charge in [-0.1, -0.05) is 51.0 Å². The Morgan fingerprint density at radius 1 is 1.21 bits per heavy atom. The van der Waals surface area contributed by atoms with Crippen LogP contribution in [0.5, 0.6) is 0 Å². The van der Waals surface area contributed by atoms with Gasteiger partial charge in [0.05, 0.1) is 16.6 Å². The summed E-state index contributed by atoms with van der Waals surface area (Å²) in [6, 6.07) is 12.3. The highest BCUT2D eigenvalue weighted by Crippen LogP contribution is 2.22. The van der Waals surface area contributed by atoms with E-state index >= 15 is 0 Å². The molecule has 1 amide bonds. The number of nitrogens with zero attached hydrogens (tertiary/aromatic N) is 2. The summed E-state index contributed by atoms with van der Waals surface area (Å²) in [5.41, 5.74) is 4.51. The number of thiazole rings is 1. The van der Waals surface area contributed by atoms with E-state index in [4.69, 9.17) is 0 Å². The number of carbonyl (C=O) groups is 1. The Hall–Kier alpha value is -1.72. The fourth-order valence-corrected chi connectivity index (χ4v) is 4.45. The van der Waals surface area contributed by atoms with Crippen molar-refractivity contribution in [3.63, 3.8) is 0 Å². The van der Waals surface area contributed by atoms with Crippen LogP contribution in [0, 0.1) is 13.8 Å². The number of hydrogen-bond donors (Lipinski definition) is 0. The number of aryl methyl sites for hydroxylation is 3. The predicted octanol–water partition coefficient (Wildman–Crippen LogP) is 4.77. The lowest BCUT2D eigenvalue weighted by Gasteiger charge is -2.04. The minimum Gasteiger partial charge on any atom is -0.317 e. The van der Waals surface area contributed by atoms with Gasteiger partial charge in [-0.3, -0.25) is 4.79 Å². The molecule has 0 saturated carbocycles. The molecule has 0 spiro atoms. The topological polar surface area (TPSA) is 34.4 Å². The zero-order valence-corrected chi connectivity index (χ0v) is 16.4. The number of benzene rings is 2. The number of amides is 1. The fraction of sp³-hybridized carbons (Fsp3) is 0.263. The van der Waals surface area contributed by atoms with Gasteiger partial charge in [0.15, 0.2) is 4.80 Å². The Kier molecular flexibility index (Phi) is 5.01. The molecule has 124 valence electrons. The normalized spacial score (nSPS) is 12.1. The van der Waals surface area contributed by atoms with Gasteiger partial charge in [0.2, 0.25) is 0 Å². The lowest BCUT2D eigenvalue weighted by molar-refractivity contribution is -0.117. The molecule has 0 aliphatic heterocycles. The summed E-state index contributed by atoms with van der Waals surface area (Å²) in [6.07, 6.45) is 0.341. The average Bonchev–Trinajstić information content (AvgIpc) is 2.86. The summed E-state index contributed by atoms with van der Waals surface area (Å²) in [4.78, 5) is 17.6. The zero-order valence-electron chi connectivity index (χ0n) is 14.0. The van der Waals surface area contributed by atoms with Crippen LogP contribution in [0.3, 0.4) is 0 Å². The predicted molar refractivity (Wildman–Crippen MR) is 103 cm³/mol. The van der Waals surface area contributed by atoms with Crippen molar-refractivity contribution >= 4 is 43.4 Å². The molecule has 3 aromatic rings. The van der Waals surface area contributed by atoms with Gasteiger partial charge in [-0.25, -0.2) is 0 Å². The van der Waals surface area contributed by atoms with E-state index in [1.54, 1.807) is 11.3 Å². The van der Waals surface area contributed by atoms with Gasteiger partial charge in [0, 0.05) is 11.0 Å². The molecule has 0 radical (unpaired) electrons. The van der Waals surface area contributed by atoms with Gasteiger partial charge in [0.25, 0.3) is 5.91 Å². The van der Waals surface area contributed by atoms with Crippen molar-refractivity contribution in [1.82, 2.24) is 4.57 Å². The molecule has 0 aliphatic carbocycles. The molecule has 0 unspecified atom stereocenters. The van der Waals surface area contributed by atoms with Crippen molar-refractivity contribution < 1.29 is 4.79 Å². The number of fused-ring (bicyclic) bond motifs is 1. The second kappa shape index (κ2) is 7.03. The van der Waals surface area contributed by atoms with Crippen molar-refractivity contribution in [3.8, 4) is 0 Å². The van der Waals surface area contributed by atoms with Crippen molar-refractivity contribution in [3.05, 3.63) is 62.4 Å². The average molecular weight is 403 g/mol. The molecule has 0 aliphatic rings. The molecule has 0 saturated heterocycles. The Labute approximate surface area is 153 Å². The van der Waals surface area contributed by atoms with E-state index in [0.717, 1.165) is 37.2 Å². The molecule has 1 aromatic heterocycles. The van der Waals surface area contributed by atoms with Crippen LogP contribution < -0.4 is 4.80 Å². The molecule has 0 atom stereocenters. The number of aromatic nitrogens is 1. The van der Waals surface area contributed by atoms with E-state index in [-0.39, 0.29) is 5.91 Å². The van der Waals surface area contributed by atoms with Gasteiger partial charge >= 0.3 is 0 Å². The summed E-state index contributed by atoms with van der Waals surface area (Å²) in [7, 11) is 0. The Balaban J connectivity index is 1.98. The summed E-state index contributed by atoms with van der Waals surface area (Å²) >= 11 is 5.05.